The van der Waals surface area contributed by atoms with E-state index in [2.05, 4.69) is 11.2 Å². The molecule has 3 heteroatoms. The summed E-state index contributed by atoms with van der Waals surface area (Å²) in [4.78, 5) is 14.4. The molecular weight excluding hydrogens is 140 g/mol. The molecule has 2 rings (SSSR count). The summed E-state index contributed by atoms with van der Waals surface area (Å²) in [7, 11) is 0. The van der Waals surface area contributed by atoms with Crippen LogP contribution in [-0.4, -0.2) is 16.0 Å². The van der Waals surface area contributed by atoms with Gasteiger partial charge in [0.2, 0.25) is 6.41 Å². The van der Waals surface area contributed by atoms with Gasteiger partial charge in [-0.3, -0.25) is 9.36 Å². The van der Waals surface area contributed by atoms with Gasteiger partial charge in [-0.2, -0.15) is 0 Å². The number of pyridine rings is 1. The molecule has 2 aromatic heterocycles. The van der Waals surface area contributed by atoms with Crippen molar-refractivity contribution in [3.05, 3.63) is 30.6 Å². The van der Waals surface area contributed by atoms with Crippen LogP contribution in [-0.2, 0) is 4.79 Å². The van der Waals surface area contributed by atoms with E-state index < -0.39 is 0 Å². The average molecular weight is 145 g/mol. The maximum Gasteiger partial charge on any atom is 0.219 e. The third-order valence-electron chi connectivity index (χ3n) is 1.51. The molecule has 0 aromatic carbocycles. The molecule has 0 N–H and O–H groups in total. The van der Waals surface area contributed by atoms with E-state index in [1.54, 1.807) is 12.3 Å². The lowest BCUT2D eigenvalue weighted by Crippen LogP contribution is -1.92. The fraction of sp³-hybridized carbons (Fsp3) is 0. The van der Waals surface area contributed by atoms with E-state index in [-0.39, 0.29) is 0 Å². The van der Waals surface area contributed by atoms with Crippen LogP contribution in [0.4, 0.5) is 0 Å². The standard InChI is InChI=1S/C8H5N2O/c11-6-10-5-3-7-2-1-4-9-8(7)10/h1-4,6H. The summed E-state index contributed by atoms with van der Waals surface area (Å²) in [6.45, 7) is 0. The minimum Gasteiger partial charge on any atom is -0.278 e. The van der Waals surface area contributed by atoms with E-state index in [1.807, 2.05) is 12.1 Å². The van der Waals surface area contributed by atoms with Crippen LogP contribution in [0.2, 0.25) is 0 Å². The molecule has 0 aliphatic heterocycles. The van der Waals surface area contributed by atoms with Crippen molar-refractivity contribution in [2.24, 2.45) is 0 Å². The Labute approximate surface area is 63.3 Å². The molecule has 3 nitrogen and oxygen atoms in total. The van der Waals surface area contributed by atoms with Gasteiger partial charge < -0.3 is 0 Å². The molecule has 11 heavy (non-hydrogen) atoms. The predicted octanol–water partition coefficient (Wildman–Crippen LogP) is 0.875. The Hall–Kier alpha value is -1.64. The number of nitrogens with zero attached hydrogens (tertiary/aromatic N) is 2. The quantitative estimate of drug-likeness (QED) is 0.558. The van der Waals surface area contributed by atoms with Gasteiger partial charge >= 0.3 is 0 Å². The second-order valence-corrected chi connectivity index (χ2v) is 2.17. The largest absolute Gasteiger partial charge is 0.278 e. The van der Waals surface area contributed by atoms with E-state index in [9.17, 15) is 4.79 Å². The smallest absolute Gasteiger partial charge is 0.219 e. The Morgan fingerprint density at radius 3 is 3.36 bits per heavy atom. The molecule has 0 spiro atoms. The van der Waals surface area contributed by atoms with Crippen molar-refractivity contribution >= 4 is 17.4 Å². The van der Waals surface area contributed by atoms with Gasteiger partial charge in [-0.05, 0) is 18.2 Å². The summed E-state index contributed by atoms with van der Waals surface area (Å²) in [5.74, 6) is 0. The lowest BCUT2D eigenvalue weighted by Gasteiger charge is -1.89. The Kier molecular flexibility index (Phi) is 1.22. The molecule has 1 radical (unpaired) electrons. The van der Waals surface area contributed by atoms with E-state index in [0.29, 0.717) is 12.1 Å². The van der Waals surface area contributed by atoms with Crippen LogP contribution >= 0.6 is 0 Å². The molecule has 0 unspecified atom stereocenters. The molecule has 0 atom stereocenters. The zero-order valence-electron chi connectivity index (χ0n) is 5.69. The third-order valence-corrected chi connectivity index (χ3v) is 1.51. The Balaban J connectivity index is 2.86. The summed E-state index contributed by atoms with van der Waals surface area (Å²) in [6, 6.07) is 5.45. The zero-order valence-corrected chi connectivity index (χ0v) is 5.69. The van der Waals surface area contributed by atoms with Crippen molar-refractivity contribution in [3.8, 4) is 0 Å². The van der Waals surface area contributed by atoms with Gasteiger partial charge in [0, 0.05) is 11.6 Å². The van der Waals surface area contributed by atoms with E-state index >= 15 is 0 Å². The molecule has 0 saturated heterocycles. The van der Waals surface area contributed by atoms with Crippen LogP contribution in [0.5, 0.6) is 0 Å². The maximum absolute atomic E-state index is 10.4. The van der Waals surface area contributed by atoms with E-state index in [1.165, 1.54) is 4.57 Å². The monoisotopic (exact) mass is 145 g/mol. The van der Waals surface area contributed by atoms with Crippen molar-refractivity contribution in [3.63, 3.8) is 0 Å². The van der Waals surface area contributed by atoms with Gasteiger partial charge in [0.1, 0.15) is 5.65 Å². The highest BCUT2D eigenvalue weighted by Crippen LogP contribution is 2.08. The number of hydrogen-bond acceptors (Lipinski definition) is 2. The van der Waals surface area contributed by atoms with Gasteiger partial charge in [0.25, 0.3) is 0 Å². The van der Waals surface area contributed by atoms with Gasteiger partial charge in [-0.15, -0.1) is 0 Å². The first-order chi connectivity index (χ1) is 5.42. The number of aromatic nitrogens is 2. The second kappa shape index (κ2) is 2.20. The fourth-order valence-electron chi connectivity index (χ4n) is 1.00. The first kappa shape index (κ1) is 6.09. The SMILES string of the molecule is O=Cn1[c]cc2cccnc21. The van der Waals surface area contributed by atoms with Crippen molar-refractivity contribution in [2.75, 3.05) is 0 Å². The minimum absolute atomic E-state index is 0.655. The first-order valence-electron chi connectivity index (χ1n) is 3.21. The molecule has 0 fully saturated rings. The lowest BCUT2D eigenvalue weighted by atomic mass is 10.3. The summed E-state index contributed by atoms with van der Waals surface area (Å²) in [5, 5.41) is 0.930. The highest BCUT2D eigenvalue weighted by molar-refractivity contribution is 5.81. The Morgan fingerprint density at radius 1 is 1.64 bits per heavy atom. The van der Waals surface area contributed by atoms with E-state index in [0.717, 1.165) is 5.39 Å². The molecular formula is C8H5N2O. The molecule has 0 saturated carbocycles. The predicted molar refractivity (Wildman–Crippen MR) is 40.7 cm³/mol. The van der Waals surface area contributed by atoms with Crippen molar-refractivity contribution in [1.29, 1.82) is 0 Å². The first-order valence-corrected chi connectivity index (χ1v) is 3.21. The number of carbonyl (C=O) groups excluding carboxylic acids is 1. The van der Waals surface area contributed by atoms with Gasteiger partial charge in [-0.1, -0.05) is 0 Å². The molecule has 53 valence electrons. The van der Waals surface area contributed by atoms with Gasteiger partial charge in [0.05, 0.1) is 6.20 Å². The third kappa shape index (κ3) is 0.816. The van der Waals surface area contributed by atoms with E-state index in [4.69, 9.17) is 0 Å². The number of fused-ring (bicyclic) bond motifs is 1. The van der Waals surface area contributed by atoms with Crippen LogP contribution in [0.3, 0.4) is 0 Å². The average Bonchev–Trinajstić information content (AvgIpc) is 2.47. The van der Waals surface area contributed by atoms with Crippen molar-refractivity contribution in [1.82, 2.24) is 9.55 Å². The maximum atomic E-state index is 10.4. The summed E-state index contributed by atoms with van der Waals surface area (Å²) >= 11 is 0. The van der Waals surface area contributed by atoms with Gasteiger partial charge in [-0.25, -0.2) is 4.98 Å². The van der Waals surface area contributed by atoms with Crippen LogP contribution in [0.1, 0.15) is 0 Å². The lowest BCUT2D eigenvalue weighted by molar-refractivity contribution is 0.548. The Bertz CT molecular complexity index is 392. The minimum atomic E-state index is 0.655. The van der Waals surface area contributed by atoms with Crippen molar-refractivity contribution in [2.45, 2.75) is 0 Å². The highest BCUT2D eigenvalue weighted by Gasteiger charge is 1.98. The second-order valence-electron chi connectivity index (χ2n) is 2.17. The normalized spacial score (nSPS) is 10.2. The summed E-state index contributed by atoms with van der Waals surface area (Å²) in [5.41, 5.74) is 0.655. The summed E-state index contributed by atoms with van der Waals surface area (Å²) < 4.78 is 1.33. The zero-order chi connectivity index (χ0) is 7.68. The van der Waals surface area contributed by atoms with Crippen molar-refractivity contribution < 1.29 is 4.79 Å². The number of carbonyl (C=O) groups is 1. The topological polar surface area (TPSA) is 34.9 Å². The fourth-order valence-corrected chi connectivity index (χ4v) is 1.00. The molecule has 2 heterocycles. The molecule has 0 amide bonds. The van der Waals surface area contributed by atoms with Crippen LogP contribution in [0, 0.1) is 6.20 Å². The summed E-state index contributed by atoms with van der Waals surface area (Å²) in [6.07, 6.45) is 5.09. The molecule has 0 aliphatic carbocycles. The number of hydrogen-bond donors (Lipinski definition) is 0. The molecule has 0 bridgehead atoms. The Morgan fingerprint density at radius 2 is 2.55 bits per heavy atom. The van der Waals surface area contributed by atoms with Crippen LogP contribution in [0.25, 0.3) is 11.0 Å². The number of rotatable bonds is 1. The molecule has 0 aliphatic rings. The van der Waals surface area contributed by atoms with Crippen LogP contribution < -0.4 is 0 Å². The highest BCUT2D eigenvalue weighted by atomic mass is 16.1. The molecule has 2 aromatic rings. The van der Waals surface area contributed by atoms with Crippen LogP contribution in [0.15, 0.2) is 24.4 Å². The van der Waals surface area contributed by atoms with Gasteiger partial charge in [0.15, 0.2) is 0 Å².